The van der Waals surface area contributed by atoms with Crippen LogP contribution in [0.15, 0.2) is 42.5 Å². The Labute approximate surface area is 185 Å². The van der Waals surface area contributed by atoms with Gasteiger partial charge in [-0.25, -0.2) is 4.98 Å². The lowest BCUT2D eigenvalue weighted by atomic mass is 10.1. The summed E-state index contributed by atoms with van der Waals surface area (Å²) in [4.78, 5) is 3.61. The zero-order chi connectivity index (χ0) is 21.4. The van der Waals surface area contributed by atoms with Crippen LogP contribution in [-0.2, 0) is 12.4 Å². The van der Waals surface area contributed by atoms with Crippen LogP contribution in [-0.4, -0.2) is 19.2 Å². The summed E-state index contributed by atoms with van der Waals surface area (Å²) in [5.74, 6) is 0.394. The number of halogens is 8. The molecule has 1 N–H and O–H groups in total. The Morgan fingerprint density at radius 1 is 0.806 bits per heavy atom. The monoisotopic (exact) mass is 488 g/mol. The predicted molar refractivity (Wildman–Crippen MR) is 109 cm³/mol. The van der Waals surface area contributed by atoms with Gasteiger partial charge >= 0.3 is 12.4 Å². The predicted octanol–water partition coefficient (Wildman–Crippen LogP) is 6.88. The van der Waals surface area contributed by atoms with Gasteiger partial charge in [0.05, 0.1) is 31.0 Å². The lowest BCUT2D eigenvalue weighted by Gasteiger charge is -2.16. The smallest absolute Gasteiger partial charge is 0.433 e. The normalized spacial score (nSPS) is 11.4. The molecule has 0 bridgehead atoms. The average molecular weight is 489 g/mol. The van der Waals surface area contributed by atoms with E-state index < -0.39 is 23.6 Å². The maximum Gasteiger partial charge on any atom is 0.433 e. The minimum Gasteiger partial charge on any atom is -0.493 e. The van der Waals surface area contributed by atoms with Crippen LogP contribution in [0.25, 0.3) is 10.9 Å². The number of nitrogens with one attached hydrogen (secondary N) is 1. The second-order valence-electron chi connectivity index (χ2n) is 5.98. The molecule has 0 saturated heterocycles. The first-order valence-corrected chi connectivity index (χ1v) is 8.11. The number of nitrogens with zero attached hydrogens (tertiary/aromatic N) is 1. The van der Waals surface area contributed by atoms with Gasteiger partial charge in [0.2, 0.25) is 0 Å². The van der Waals surface area contributed by atoms with Gasteiger partial charge in [-0.1, -0.05) is 6.07 Å². The minimum absolute atomic E-state index is 0. The molecule has 1 heterocycles. The van der Waals surface area contributed by atoms with Gasteiger partial charge in [-0.3, -0.25) is 0 Å². The van der Waals surface area contributed by atoms with Gasteiger partial charge in [0.25, 0.3) is 0 Å². The molecule has 0 atom stereocenters. The molecule has 12 heteroatoms. The maximum atomic E-state index is 13.3. The molecule has 2 aromatic carbocycles. The van der Waals surface area contributed by atoms with Crippen LogP contribution in [0.3, 0.4) is 0 Å². The largest absolute Gasteiger partial charge is 0.493 e. The lowest BCUT2D eigenvalue weighted by Crippen LogP contribution is -2.09. The Hall–Kier alpha value is -2.59. The fourth-order valence-corrected chi connectivity index (χ4v) is 2.73. The van der Waals surface area contributed by atoms with Crippen molar-refractivity contribution in [2.24, 2.45) is 0 Å². The average Bonchev–Trinajstić information content (AvgIpc) is 2.65. The lowest BCUT2D eigenvalue weighted by molar-refractivity contribution is -0.141. The molecule has 1 aromatic heterocycles. The summed E-state index contributed by atoms with van der Waals surface area (Å²) < 4.78 is 88.9. The van der Waals surface area contributed by atoms with E-state index in [1.54, 1.807) is 0 Å². The number of fused-ring (bicyclic) bond motifs is 1. The Kier molecular flexibility index (Phi) is 8.27. The van der Waals surface area contributed by atoms with Crippen molar-refractivity contribution >= 4 is 47.1 Å². The van der Waals surface area contributed by atoms with Crippen molar-refractivity contribution in [2.45, 2.75) is 12.4 Å². The fourth-order valence-electron chi connectivity index (χ4n) is 2.73. The molecule has 0 fully saturated rings. The first-order chi connectivity index (χ1) is 13.5. The summed E-state index contributed by atoms with van der Waals surface area (Å²) >= 11 is 0. The minimum atomic E-state index is -4.76. The standard InChI is InChI=1S/C19H14F6N2O2.2ClH/c1-28-15-7-12-13(8-16(15)29-2)27-17(19(23,24)25)9-14(12)26-11-5-3-4-10(6-11)18(20,21)22;;/h3-9H,1-2H3,(H,26,27);2*1H. The SMILES string of the molecule is COc1cc2nc(C(F)(F)F)cc(Nc3cccc(C(F)(F)F)c3)c2cc1OC.Cl.Cl. The number of methoxy groups -OCH3 is 2. The van der Waals surface area contributed by atoms with Crippen molar-refractivity contribution in [2.75, 3.05) is 19.5 Å². The molecule has 0 aliphatic heterocycles. The Bertz CT molecular complexity index is 1060. The molecule has 170 valence electrons. The number of hydrogen-bond acceptors (Lipinski definition) is 4. The Balaban J connectivity index is 0.00000240. The third-order valence-corrected chi connectivity index (χ3v) is 4.07. The topological polar surface area (TPSA) is 43.4 Å². The van der Waals surface area contributed by atoms with E-state index in [0.29, 0.717) is 0 Å². The summed E-state index contributed by atoms with van der Waals surface area (Å²) in [6.07, 6.45) is -9.35. The Morgan fingerprint density at radius 2 is 1.42 bits per heavy atom. The highest BCUT2D eigenvalue weighted by molar-refractivity contribution is 5.95. The summed E-state index contributed by atoms with van der Waals surface area (Å²) in [6, 6.07) is 7.54. The van der Waals surface area contributed by atoms with Gasteiger partial charge in [0, 0.05) is 17.1 Å². The first-order valence-electron chi connectivity index (χ1n) is 8.11. The van der Waals surface area contributed by atoms with Gasteiger partial charge in [-0.15, -0.1) is 24.8 Å². The highest BCUT2D eigenvalue weighted by Crippen LogP contribution is 2.39. The van der Waals surface area contributed by atoms with Gasteiger partial charge in [0.15, 0.2) is 11.5 Å². The molecule has 0 aliphatic rings. The molecule has 3 aromatic rings. The van der Waals surface area contributed by atoms with E-state index in [1.807, 2.05) is 0 Å². The molecule has 3 rings (SSSR count). The number of rotatable bonds is 4. The van der Waals surface area contributed by atoms with E-state index in [1.165, 1.54) is 32.4 Å². The van der Waals surface area contributed by atoms with Crippen molar-refractivity contribution in [3.8, 4) is 11.5 Å². The highest BCUT2D eigenvalue weighted by Gasteiger charge is 2.34. The molecular formula is C19H16Cl2F6N2O2. The quantitative estimate of drug-likeness (QED) is 0.406. The zero-order valence-electron chi connectivity index (χ0n) is 15.9. The summed E-state index contributed by atoms with van der Waals surface area (Å²) in [7, 11) is 2.67. The maximum absolute atomic E-state index is 13.3. The number of hydrogen-bond donors (Lipinski definition) is 1. The summed E-state index contributed by atoms with van der Waals surface area (Å²) in [6.45, 7) is 0. The van der Waals surface area contributed by atoms with Crippen LogP contribution in [0, 0.1) is 0 Å². The van der Waals surface area contributed by atoms with E-state index in [4.69, 9.17) is 9.47 Å². The van der Waals surface area contributed by atoms with E-state index >= 15 is 0 Å². The number of alkyl halides is 6. The molecule has 0 amide bonds. The van der Waals surface area contributed by atoms with Crippen LogP contribution in [0.4, 0.5) is 37.7 Å². The van der Waals surface area contributed by atoms with E-state index in [9.17, 15) is 26.3 Å². The van der Waals surface area contributed by atoms with E-state index in [2.05, 4.69) is 10.3 Å². The molecule has 0 aliphatic carbocycles. The number of aromatic nitrogens is 1. The third-order valence-electron chi connectivity index (χ3n) is 4.07. The number of ether oxygens (including phenoxy) is 2. The van der Waals surface area contributed by atoms with Gasteiger partial charge < -0.3 is 14.8 Å². The molecule has 31 heavy (non-hydrogen) atoms. The summed E-state index contributed by atoms with van der Waals surface area (Å²) in [5, 5.41) is 2.84. The van der Waals surface area contributed by atoms with Crippen LogP contribution >= 0.6 is 24.8 Å². The van der Waals surface area contributed by atoms with Crippen LogP contribution in [0.2, 0.25) is 0 Å². The molecule has 0 saturated carbocycles. The van der Waals surface area contributed by atoms with Crippen molar-refractivity contribution < 1.29 is 35.8 Å². The van der Waals surface area contributed by atoms with Crippen molar-refractivity contribution in [1.29, 1.82) is 0 Å². The van der Waals surface area contributed by atoms with Gasteiger partial charge in [0.1, 0.15) is 5.69 Å². The third kappa shape index (κ3) is 5.76. The summed E-state index contributed by atoms with van der Waals surface area (Å²) in [5.41, 5.74) is -2.31. The van der Waals surface area contributed by atoms with E-state index in [-0.39, 0.29) is 58.6 Å². The van der Waals surface area contributed by atoms with Crippen molar-refractivity contribution in [3.05, 3.63) is 53.7 Å². The van der Waals surface area contributed by atoms with Gasteiger partial charge in [-0.05, 0) is 30.3 Å². The zero-order valence-corrected chi connectivity index (χ0v) is 17.5. The van der Waals surface area contributed by atoms with Crippen molar-refractivity contribution in [1.82, 2.24) is 4.98 Å². The second kappa shape index (κ2) is 9.69. The van der Waals surface area contributed by atoms with E-state index in [0.717, 1.165) is 24.3 Å². The van der Waals surface area contributed by atoms with Crippen LogP contribution in [0.1, 0.15) is 11.3 Å². The molecule has 0 spiro atoms. The number of benzene rings is 2. The molecular weight excluding hydrogens is 473 g/mol. The molecule has 4 nitrogen and oxygen atoms in total. The number of pyridine rings is 1. The van der Waals surface area contributed by atoms with Crippen LogP contribution in [0.5, 0.6) is 11.5 Å². The fraction of sp³-hybridized carbons (Fsp3) is 0.211. The van der Waals surface area contributed by atoms with Crippen LogP contribution < -0.4 is 14.8 Å². The molecule has 0 unspecified atom stereocenters. The van der Waals surface area contributed by atoms with Gasteiger partial charge in [-0.2, -0.15) is 26.3 Å². The van der Waals surface area contributed by atoms with Crippen molar-refractivity contribution in [3.63, 3.8) is 0 Å². The second-order valence-corrected chi connectivity index (χ2v) is 5.98. The molecule has 0 radical (unpaired) electrons. The Morgan fingerprint density at radius 3 is 1.97 bits per heavy atom. The highest BCUT2D eigenvalue weighted by atomic mass is 35.5. The number of anilines is 2. The first kappa shape index (κ1) is 26.4.